The lowest BCUT2D eigenvalue weighted by atomic mass is 9.86. The molecular weight excluding hydrogens is 408 g/mol. The van der Waals surface area contributed by atoms with Crippen molar-refractivity contribution >= 4 is 32.4 Å². The zero-order valence-electron chi connectivity index (χ0n) is 18.1. The molecule has 0 aromatic heterocycles. The lowest BCUT2D eigenvalue weighted by Crippen LogP contribution is -2.46. The summed E-state index contributed by atoms with van der Waals surface area (Å²) in [5.41, 5.74) is 1.34. The highest BCUT2D eigenvalue weighted by atomic mass is 32.2. The first-order valence-corrected chi connectivity index (χ1v) is 12.2. The third-order valence-corrected chi connectivity index (χ3v) is 8.05. The summed E-state index contributed by atoms with van der Waals surface area (Å²) in [7, 11) is -3.79. The number of nitrogens with one attached hydrogen (secondary N) is 1. The number of benzene rings is 3. The number of para-hydroxylation sites is 1. The summed E-state index contributed by atoms with van der Waals surface area (Å²) >= 11 is 0. The van der Waals surface area contributed by atoms with Gasteiger partial charge in [0.1, 0.15) is 0 Å². The zero-order valence-corrected chi connectivity index (χ0v) is 18.9. The van der Waals surface area contributed by atoms with Crippen molar-refractivity contribution in [3.63, 3.8) is 0 Å². The summed E-state index contributed by atoms with van der Waals surface area (Å²) in [5, 5.41) is 4.94. The first-order valence-electron chi connectivity index (χ1n) is 10.8. The zero-order chi connectivity index (χ0) is 22.2. The van der Waals surface area contributed by atoms with Crippen molar-refractivity contribution < 1.29 is 13.2 Å². The monoisotopic (exact) mass is 436 g/mol. The third kappa shape index (κ3) is 3.92. The second-order valence-corrected chi connectivity index (χ2v) is 10.1. The minimum Gasteiger partial charge on any atom is -0.353 e. The van der Waals surface area contributed by atoms with Crippen molar-refractivity contribution in [1.29, 1.82) is 0 Å². The van der Waals surface area contributed by atoms with Crippen LogP contribution in [0.5, 0.6) is 0 Å². The van der Waals surface area contributed by atoms with Crippen LogP contribution in [0, 0.1) is 0 Å². The molecule has 162 valence electrons. The van der Waals surface area contributed by atoms with E-state index in [9.17, 15) is 13.2 Å². The molecule has 3 aromatic carbocycles. The second-order valence-electron chi connectivity index (χ2n) is 8.32. The van der Waals surface area contributed by atoms with E-state index >= 15 is 0 Å². The summed E-state index contributed by atoms with van der Waals surface area (Å²) in [4.78, 5) is 13.2. The van der Waals surface area contributed by atoms with Crippen molar-refractivity contribution in [3.05, 3.63) is 72.3 Å². The van der Waals surface area contributed by atoms with Crippen molar-refractivity contribution in [2.45, 2.75) is 56.5 Å². The molecule has 3 aromatic rings. The summed E-state index contributed by atoms with van der Waals surface area (Å²) in [6.45, 7) is 5.88. The number of nitrogens with zero attached hydrogens (tertiary/aromatic N) is 1. The molecule has 0 bridgehead atoms. The predicted octanol–water partition coefficient (Wildman–Crippen LogP) is 4.83. The maximum absolute atomic E-state index is 13.7. The van der Waals surface area contributed by atoms with Gasteiger partial charge in [-0.05, 0) is 61.2 Å². The van der Waals surface area contributed by atoms with E-state index in [1.165, 1.54) is 4.31 Å². The van der Waals surface area contributed by atoms with E-state index in [1.54, 1.807) is 18.2 Å². The molecule has 4 rings (SSSR count). The molecule has 0 saturated heterocycles. The highest BCUT2D eigenvalue weighted by molar-refractivity contribution is 7.92. The van der Waals surface area contributed by atoms with E-state index in [-0.39, 0.29) is 28.8 Å². The third-order valence-electron chi connectivity index (χ3n) is 6.12. The quantitative estimate of drug-likeness (QED) is 0.623. The maximum Gasteiger partial charge on any atom is 0.264 e. The van der Waals surface area contributed by atoms with E-state index in [0.29, 0.717) is 12.1 Å². The molecule has 0 radical (unpaired) electrons. The Bertz CT molecular complexity index is 1220. The minimum atomic E-state index is -3.79. The van der Waals surface area contributed by atoms with Gasteiger partial charge >= 0.3 is 0 Å². The Kier molecular flexibility index (Phi) is 5.75. The van der Waals surface area contributed by atoms with E-state index in [1.807, 2.05) is 69.3 Å². The number of amides is 1. The van der Waals surface area contributed by atoms with Gasteiger partial charge in [-0.25, -0.2) is 8.42 Å². The number of hydrogen-bond acceptors (Lipinski definition) is 3. The molecule has 1 amide bonds. The van der Waals surface area contributed by atoms with E-state index < -0.39 is 10.0 Å². The standard InChI is InChI=1S/C25H28N2O3S/c1-4-17(2)26-25(28)23-15-18(3)27(24-12-8-7-11-22(23)24)31(29,30)21-14-13-19-9-5-6-10-20(19)16-21/h5-14,16-18,23H,4,15H2,1-3H3,(H,26,28)/t17-,18+,23-/m1/s1. The molecule has 1 N–H and O–H groups in total. The molecule has 1 heterocycles. The first-order chi connectivity index (χ1) is 14.8. The Balaban J connectivity index is 1.76. The van der Waals surface area contributed by atoms with Crippen LogP contribution in [0.4, 0.5) is 5.69 Å². The van der Waals surface area contributed by atoms with Crippen LogP contribution in [-0.2, 0) is 14.8 Å². The van der Waals surface area contributed by atoms with Gasteiger partial charge in [0.05, 0.1) is 16.5 Å². The van der Waals surface area contributed by atoms with Crippen LogP contribution in [-0.4, -0.2) is 26.4 Å². The van der Waals surface area contributed by atoms with Crippen molar-refractivity contribution in [2.75, 3.05) is 4.31 Å². The van der Waals surface area contributed by atoms with E-state index in [4.69, 9.17) is 0 Å². The average Bonchev–Trinajstić information content (AvgIpc) is 2.77. The van der Waals surface area contributed by atoms with Crippen LogP contribution < -0.4 is 9.62 Å². The van der Waals surface area contributed by atoms with Gasteiger partial charge in [0.25, 0.3) is 10.0 Å². The molecule has 3 atom stereocenters. The van der Waals surface area contributed by atoms with Crippen molar-refractivity contribution in [1.82, 2.24) is 5.32 Å². The number of carbonyl (C=O) groups is 1. The number of anilines is 1. The van der Waals surface area contributed by atoms with Crippen LogP contribution in [0.25, 0.3) is 10.8 Å². The van der Waals surface area contributed by atoms with Gasteiger partial charge in [0.2, 0.25) is 5.91 Å². The summed E-state index contributed by atoms with van der Waals surface area (Å²) in [6.07, 6.45) is 1.28. The summed E-state index contributed by atoms with van der Waals surface area (Å²) in [6, 6.07) is 20.0. The number of carbonyl (C=O) groups excluding carboxylic acids is 1. The van der Waals surface area contributed by atoms with Crippen LogP contribution >= 0.6 is 0 Å². The largest absolute Gasteiger partial charge is 0.353 e. The van der Waals surface area contributed by atoms with Crippen molar-refractivity contribution in [3.8, 4) is 0 Å². The van der Waals surface area contributed by atoms with Gasteiger partial charge in [-0.1, -0.05) is 55.5 Å². The minimum absolute atomic E-state index is 0.0450. The Labute approximate surface area is 184 Å². The van der Waals surface area contributed by atoms with Gasteiger partial charge in [-0.15, -0.1) is 0 Å². The maximum atomic E-state index is 13.7. The molecule has 6 heteroatoms. The van der Waals surface area contributed by atoms with Crippen LogP contribution in [0.3, 0.4) is 0 Å². The number of sulfonamides is 1. The highest BCUT2D eigenvalue weighted by Gasteiger charge is 2.40. The molecule has 1 aliphatic rings. The summed E-state index contributed by atoms with van der Waals surface area (Å²) < 4.78 is 28.9. The van der Waals surface area contributed by atoms with E-state index in [0.717, 1.165) is 22.8 Å². The fourth-order valence-electron chi connectivity index (χ4n) is 4.29. The molecule has 0 saturated carbocycles. The van der Waals surface area contributed by atoms with Crippen LogP contribution in [0.1, 0.15) is 45.1 Å². The summed E-state index contributed by atoms with van der Waals surface area (Å²) in [5.74, 6) is -0.417. The molecule has 1 aliphatic heterocycles. The number of hydrogen-bond donors (Lipinski definition) is 1. The van der Waals surface area contributed by atoms with Gasteiger partial charge < -0.3 is 5.32 Å². The predicted molar refractivity (Wildman–Crippen MR) is 125 cm³/mol. The van der Waals surface area contributed by atoms with Gasteiger partial charge in [0.15, 0.2) is 0 Å². The van der Waals surface area contributed by atoms with Crippen molar-refractivity contribution in [2.24, 2.45) is 0 Å². The van der Waals surface area contributed by atoms with Gasteiger partial charge in [-0.3, -0.25) is 9.10 Å². The highest BCUT2D eigenvalue weighted by Crippen LogP contribution is 2.41. The Morgan fingerprint density at radius 2 is 1.74 bits per heavy atom. The van der Waals surface area contributed by atoms with Gasteiger partial charge in [0, 0.05) is 12.1 Å². The average molecular weight is 437 g/mol. The fraction of sp³-hybridized carbons (Fsp3) is 0.320. The molecular formula is C25H28N2O3S. The molecule has 0 aliphatic carbocycles. The smallest absolute Gasteiger partial charge is 0.264 e. The topological polar surface area (TPSA) is 66.5 Å². The Morgan fingerprint density at radius 3 is 2.48 bits per heavy atom. The van der Waals surface area contributed by atoms with Crippen LogP contribution in [0.2, 0.25) is 0 Å². The lowest BCUT2D eigenvalue weighted by Gasteiger charge is -2.39. The lowest BCUT2D eigenvalue weighted by molar-refractivity contribution is -0.123. The number of rotatable bonds is 5. The first kappa shape index (κ1) is 21.4. The van der Waals surface area contributed by atoms with E-state index in [2.05, 4.69) is 5.32 Å². The number of fused-ring (bicyclic) bond motifs is 2. The van der Waals surface area contributed by atoms with Gasteiger partial charge in [-0.2, -0.15) is 0 Å². The Hall–Kier alpha value is -2.86. The normalized spacial score (nSPS) is 19.6. The molecule has 5 nitrogen and oxygen atoms in total. The second kappa shape index (κ2) is 8.35. The SMILES string of the molecule is CC[C@@H](C)NC(=O)[C@@H]1C[C@H](C)N(S(=O)(=O)c2ccc3ccccc3c2)c2ccccc21. The molecule has 0 unspecified atom stereocenters. The molecule has 31 heavy (non-hydrogen) atoms. The van der Waals surface area contributed by atoms with Crippen LogP contribution in [0.15, 0.2) is 71.6 Å². The molecule has 0 fully saturated rings. The fourth-order valence-corrected chi connectivity index (χ4v) is 6.01. The Morgan fingerprint density at radius 1 is 1.06 bits per heavy atom. The molecule has 0 spiro atoms.